The number of aliphatic hydroxyl groups excluding tert-OH is 9. The van der Waals surface area contributed by atoms with Crippen LogP contribution >= 0.6 is 0 Å². The fraction of sp³-hybridized carbons (Fsp3) is 0.917. The van der Waals surface area contributed by atoms with Crippen molar-refractivity contribution >= 4 is 11.9 Å². The molecule has 23 atom stereocenters. The van der Waals surface area contributed by atoms with Gasteiger partial charge in [-0.2, -0.15) is 0 Å². The number of aliphatic hydroxyl groups is 9. The molecule has 7 fully saturated rings. The van der Waals surface area contributed by atoms with Gasteiger partial charge < -0.3 is 84.6 Å². The average Bonchev–Trinajstić information content (AvgIpc) is 3.26. The molecule has 0 bridgehead atoms. The second-order valence-electron chi connectivity index (χ2n) is 23.5. The van der Waals surface area contributed by atoms with Gasteiger partial charge in [-0.3, -0.25) is 4.79 Å². The zero-order valence-corrected chi connectivity index (χ0v) is 39.7. The smallest absolute Gasteiger partial charge is 0.335 e. The number of carbonyl (C=O) groups is 2. The maximum atomic E-state index is 13.2. The van der Waals surface area contributed by atoms with Crippen molar-refractivity contribution in [2.24, 2.45) is 50.2 Å². The second kappa shape index (κ2) is 18.0. The maximum absolute atomic E-state index is 13.2. The fourth-order valence-electron chi connectivity index (χ4n) is 15.1. The molecule has 0 amide bonds. The van der Waals surface area contributed by atoms with Gasteiger partial charge in [0.15, 0.2) is 25.0 Å². The summed E-state index contributed by atoms with van der Waals surface area (Å²) in [5.41, 5.74) is -0.618. The summed E-state index contributed by atoms with van der Waals surface area (Å²) >= 11 is 0. The maximum Gasteiger partial charge on any atom is 0.335 e. The quantitative estimate of drug-likeness (QED) is 0.107. The molecule has 19 nitrogen and oxygen atoms in total. The van der Waals surface area contributed by atoms with Crippen molar-refractivity contribution in [2.75, 3.05) is 13.2 Å². The summed E-state index contributed by atoms with van der Waals surface area (Å²) in [6, 6.07) is 0. The Morgan fingerprint density at radius 1 is 0.627 bits per heavy atom. The van der Waals surface area contributed by atoms with E-state index in [9.17, 15) is 65.8 Å². The topological polar surface area (TPSA) is 312 Å². The molecule has 0 aromatic carbocycles. The first kappa shape index (κ1) is 51.4. The molecule has 4 saturated carbocycles. The van der Waals surface area contributed by atoms with E-state index in [-0.39, 0.29) is 39.4 Å². The molecule has 0 aromatic heterocycles. The van der Waals surface area contributed by atoms with Gasteiger partial charge in [0.2, 0.25) is 0 Å². The molecule has 67 heavy (non-hydrogen) atoms. The third kappa shape index (κ3) is 8.06. The van der Waals surface area contributed by atoms with Crippen LogP contribution in [0.2, 0.25) is 0 Å². The minimum absolute atomic E-state index is 0.0299. The third-order valence-corrected chi connectivity index (χ3v) is 19.3. The highest BCUT2D eigenvalue weighted by molar-refractivity contribution is 5.76. The van der Waals surface area contributed by atoms with Gasteiger partial charge in [0, 0.05) is 0 Å². The van der Waals surface area contributed by atoms with Crippen molar-refractivity contribution in [3.05, 3.63) is 11.6 Å². The Morgan fingerprint density at radius 2 is 1.19 bits per heavy atom. The van der Waals surface area contributed by atoms with Crippen LogP contribution in [-0.4, -0.2) is 180 Å². The van der Waals surface area contributed by atoms with Gasteiger partial charge in [0.05, 0.1) is 24.7 Å². The molecule has 0 aromatic rings. The van der Waals surface area contributed by atoms with Crippen LogP contribution in [0.3, 0.4) is 0 Å². The van der Waals surface area contributed by atoms with Crippen LogP contribution in [0.1, 0.15) is 113 Å². The van der Waals surface area contributed by atoms with E-state index in [1.807, 2.05) is 0 Å². The first-order chi connectivity index (χ1) is 31.2. The third-order valence-electron chi connectivity index (χ3n) is 19.3. The van der Waals surface area contributed by atoms with Gasteiger partial charge in [0.1, 0.15) is 67.1 Å². The number of hydrogen-bond acceptors (Lipinski definition) is 17. The molecule has 3 saturated heterocycles. The van der Waals surface area contributed by atoms with Gasteiger partial charge >= 0.3 is 11.9 Å². The molecule has 3 unspecified atom stereocenters. The predicted molar refractivity (Wildman–Crippen MR) is 231 cm³/mol. The van der Waals surface area contributed by atoms with Crippen LogP contribution in [0.4, 0.5) is 0 Å². The predicted octanol–water partition coefficient (Wildman–Crippen LogP) is 0.799. The molecule has 5 aliphatic carbocycles. The summed E-state index contributed by atoms with van der Waals surface area (Å²) in [5, 5.41) is 117. The monoisotopic (exact) mass is 956 g/mol. The molecular weight excluding hydrogens is 881 g/mol. The Kier molecular flexibility index (Phi) is 13.8. The lowest BCUT2D eigenvalue weighted by atomic mass is 9.33. The van der Waals surface area contributed by atoms with Crippen LogP contribution in [0.25, 0.3) is 0 Å². The Morgan fingerprint density at radius 3 is 1.75 bits per heavy atom. The van der Waals surface area contributed by atoms with Gasteiger partial charge in [-0.15, -0.1) is 0 Å². The molecule has 3 heterocycles. The van der Waals surface area contributed by atoms with Crippen molar-refractivity contribution in [2.45, 2.75) is 211 Å². The van der Waals surface area contributed by atoms with Crippen molar-refractivity contribution in [3.63, 3.8) is 0 Å². The van der Waals surface area contributed by atoms with Gasteiger partial charge in [-0.1, -0.05) is 60.1 Å². The molecule has 382 valence electrons. The number of carboxylic acid groups (broad SMARTS) is 2. The lowest BCUT2D eigenvalue weighted by Crippen LogP contribution is -2.68. The first-order valence-electron chi connectivity index (χ1n) is 24.3. The molecule has 8 rings (SSSR count). The Bertz CT molecular complexity index is 1870. The Labute approximate surface area is 391 Å². The zero-order valence-electron chi connectivity index (χ0n) is 39.7. The highest BCUT2D eigenvalue weighted by Gasteiger charge is 2.70. The summed E-state index contributed by atoms with van der Waals surface area (Å²) in [6.07, 6.45) is -18.3. The highest BCUT2D eigenvalue weighted by Crippen LogP contribution is 2.76. The van der Waals surface area contributed by atoms with E-state index in [2.05, 4.69) is 54.5 Å². The van der Waals surface area contributed by atoms with Crippen LogP contribution in [0.15, 0.2) is 11.6 Å². The number of aliphatic carboxylic acids is 2. The minimum Gasteiger partial charge on any atom is -0.481 e. The van der Waals surface area contributed by atoms with Crippen LogP contribution in [0, 0.1) is 50.2 Å². The van der Waals surface area contributed by atoms with E-state index in [1.165, 1.54) is 5.57 Å². The summed E-state index contributed by atoms with van der Waals surface area (Å²) in [7, 11) is 0. The summed E-state index contributed by atoms with van der Waals surface area (Å²) in [6.45, 7) is 14.2. The number of carboxylic acids is 2. The Hall–Kier alpha value is -1.92. The number of rotatable bonds is 10. The number of fused-ring (bicyclic) bond motifs is 7. The van der Waals surface area contributed by atoms with Gasteiger partial charge in [0.25, 0.3) is 0 Å². The number of allylic oxidation sites excluding steroid dienone is 2. The Balaban J connectivity index is 1.11. The lowest BCUT2D eigenvalue weighted by molar-refractivity contribution is -0.396. The van der Waals surface area contributed by atoms with Gasteiger partial charge in [-0.05, 0) is 109 Å². The van der Waals surface area contributed by atoms with E-state index in [0.29, 0.717) is 25.7 Å². The van der Waals surface area contributed by atoms with Gasteiger partial charge in [-0.25, -0.2) is 4.79 Å². The SMILES string of the molecule is CC1(C)CC[C@]2(C(=O)O)CC[C@]3(C)C(=CCC4[C@@]5(C)CC[C@H](O[C@@H]6O[C@H](C(=O)O)[C@@H](O)[C@H](O[C@@H]7O[C@H](CO)[C@@H](O)[C@H](O)[C@H]7O)[C@H]6O[C@@H]6O[C@H](CO)[C@@H](O)[C@H](O)[C@H]6O)C(C)(C)C5CC[C@]43C)C2C1. The van der Waals surface area contributed by atoms with Crippen molar-refractivity contribution in [3.8, 4) is 0 Å². The highest BCUT2D eigenvalue weighted by atomic mass is 16.8. The second-order valence-corrected chi connectivity index (χ2v) is 23.5. The normalized spacial score (nSPS) is 52.7. The van der Waals surface area contributed by atoms with E-state index in [4.69, 9.17) is 28.4 Å². The number of hydrogen-bond donors (Lipinski definition) is 11. The van der Waals surface area contributed by atoms with Crippen LogP contribution in [-0.2, 0) is 38.0 Å². The van der Waals surface area contributed by atoms with E-state index in [0.717, 1.165) is 38.5 Å². The first-order valence-corrected chi connectivity index (χ1v) is 24.3. The molecule has 3 aliphatic heterocycles. The molecule has 11 N–H and O–H groups in total. The standard InChI is InChI=1S/C48H76O19/c1-43(2)14-16-48(42(60)61)17-15-46(6)21(22(48)18-43)8-9-26-45(5)12-11-27(44(3,4)25(45)10-13-47(26,46)7)64-41-37(67-40-33(56)31(54)29(52)24(20-50)63-40)35(34(57)36(66-41)38(58)59)65-39-32(55)30(53)28(51)23(19-49)62-39/h8,22-37,39-41,49-57H,9-20H2,1-7H3,(H,58,59)(H,60,61)/t22?,23-,24-,25?,26?,27+,28-,29-,30+,31+,32-,33-,34+,35+,36+,37-,39+,40+,41-,45+,46-,47-,48+/m1/s1. The fourth-order valence-corrected chi connectivity index (χ4v) is 15.1. The zero-order chi connectivity index (χ0) is 49.1. The van der Waals surface area contributed by atoms with Crippen molar-refractivity contribution in [1.82, 2.24) is 0 Å². The lowest BCUT2D eigenvalue weighted by Gasteiger charge is -2.71. The van der Waals surface area contributed by atoms with Crippen molar-refractivity contribution in [1.29, 1.82) is 0 Å². The summed E-state index contributed by atoms with van der Waals surface area (Å²) in [5.74, 6) is -2.06. The van der Waals surface area contributed by atoms with Crippen LogP contribution < -0.4 is 0 Å². The largest absolute Gasteiger partial charge is 0.481 e. The molecule has 8 aliphatic rings. The molecule has 0 spiro atoms. The van der Waals surface area contributed by atoms with E-state index >= 15 is 0 Å². The molecule has 19 heteroatoms. The molecular formula is C48H76O19. The van der Waals surface area contributed by atoms with E-state index < -0.39 is 134 Å². The molecule has 0 radical (unpaired) electrons. The van der Waals surface area contributed by atoms with E-state index in [1.54, 1.807) is 0 Å². The summed E-state index contributed by atoms with van der Waals surface area (Å²) in [4.78, 5) is 26.0. The minimum atomic E-state index is -2.12. The summed E-state index contributed by atoms with van der Waals surface area (Å²) < 4.78 is 36.4. The van der Waals surface area contributed by atoms with Crippen LogP contribution in [0.5, 0.6) is 0 Å². The number of ether oxygens (including phenoxy) is 6. The average molecular weight is 957 g/mol. The van der Waals surface area contributed by atoms with Crippen molar-refractivity contribution < 1.29 is 94.2 Å².